The first-order valence-electron chi connectivity index (χ1n) is 8.13. The van der Waals surface area contributed by atoms with Crippen LogP contribution >= 0.6 is 0 Å². The number of amides is 1. The van der Waals surface area contributed by atoms with Gasteiger partial charge in [-0.25, -0.2) is 0 Å². The average molecular weight is 300 g/mol. The highest BCUT2D eigenvalue weighted by Gasteiger charge is 2.28. The number of nitrogens with one attached hydrogen (secondary N) is 1. The number of aliphatic hydroxyl groups excluding tert-OH is 1. The highest BCUT2D eigenvalue weighted by molar-refractivity contribution is 5.80. The van der Waals surface area contributed by atoms with Gasteiger partial charge in [-0.15, -0.1) is 0 Å². The normalized spacial score (nSPS) is 22.2. The van der Waals surface area contributed by atoms with Crippen LogP contribution in [0, 0.1) is 5.92 Å². The van der Waals surface area contributed by atoms with Crippen molar-refractivity contribution in [3.63, 3.8) is 0 Å². The summed E-state index contributed by atoms with van der Waals surface area (Å²) in [5, 5.41) is 10.5. The summed E-state index contributed by atoms with van der Waals surface area (Å²) in [6.45, 7) is 2.99. The minimum Gasteiger partial charge on any atom is -0.396 e. The minimum absolute atomic E-state index is 0.181. The summed E-state index contributed by atoms with van der Waals surface area (Å²) in [6, 6.07) is 8.65. The fourth-order valence-electron chi connectivity index (χ4n) is 3.33. The second kappa shape index (κ2) is 6.53. The molecule has 1 amide bonds. The molecule has 3 rings (SSSR count). The van der Waals surface area contributed by atoms with Gasteiger partial charge in [-0.2, -0.15) is 0 Å². The van der Waals surface area contributed by atoms with Crippen LogP contribution in [0.15, 0.2) is 30.5 Å². The Morgan fingerprint density at radius 2 is 2.23 bits per heavy atom. The van der Waals surface area contributed by atoms with Crippen LogP contribution in [0.4, 0.5) is 0 Å². The number of aromatic nitrogens is 1. The summed E-state index contributed by atoms with van der Waals surface area (Å²) < 4.78 is 0. The van der Waals surface area contributed by atoms with Crippen molar-refractivity contribution in [1.29, 1.82) is 0 Å². The van der Waals surface area contributed by atoms with E-state index in [1.165, 1.54) is 10.9 Å². The molecule has 118 valence electrons. The number of carbonyl (C=O) groups excluding carboxylic acids is 1. The van der Waals surface area contributed by atoms with Crippen LogP contribution in [0.3, 0.4) is 0 Å². The topological polar surface area (TPSA) is 56.3 Å². The number of benzene rings is 1. The number of aliphatic hydroxyl groups is 1. The summed E-state index contributed by atoms with van der Waals surface area (Å²) in [7, 11) is 0. The van der Waals surface area contributed by atoms with E-state index in [9.17, 15) is 9.90 Å². The Morgan fingerprint density at radius 1 is 1.36 bits per heavy atom. The molecule has 1 saturated heterocycles. The first kappa shape index (κ1) is 15.1. The van der Waals surface area contributed by atoms with Gasteiger partial charge in [0.2, 0.25) is 5.91 Å². The number of fused-ring (bicyclic) bond motifs is 1. The maximum Gasteiger partial charge on any atom is 0.223 e. The summed E-state index contributed by atoms with van der Waals surface area (Å²) in [5.74, 6) is 0.455. The molecular formula is C18H24N2O2. The van der Waals surface area contributed by atoms with Crippen molar-refractivity contribution in [2.24, 2.45) is 5.92 Å². The second-order valence-electron chi connectivity index (χ2n) is 6.42. The smallest absolute Gasteiger partial charge is 0.223 e. The maximum atomic E-state index is 12.5. The SMILES string of the molecule is CC1CCC(CO)CN1C(=O)CCc1ccc2[nH]ccc2c1. The first-order valence-corrected chi connectivity index (χ1v) is 8.13. The maximum absolute atomic E-state index is 12.5. The predicted octanol–water partition coefficient (Wildman–Crippen LogP) is 2.72. The fraction of sp³-hybridized carbons (Fsp3) is 0.500. The Balaban J connectivity index is 1.61. The molecule has 1 aliphatic rings. The van der Waals surface area contributed by atoms with E-state index in [1.807, 2.05) is 11.1 Å². The van der Waals surface area contributed by atoms with E-state index in [0.717, 1.165) is 24.8 Å². The predicted molar refractivity (Wildman–Crippen MR) is 87.6 cm³/mol. The van der Waals surface area contributed by atoms with Crippen molar-refractivity contribution >= 4 is 16.8 Å². The molecule has 1 aromatic heterocycles. The molecule has 1 aliphatic heterocycles. The number of piperidine rings is 1. The second-order valence-corrected chi connectivity index (χ2v) is 6.42. The largest absolute Gasteiger partial charge is 0.396 e. The highest BCUT2D eigenvalue weighted by atomic mass is 16.3. The van der Waals surface area contributed by atoms with E-state index in [2.05, 4.69) is 36.2 Å². The third-order valence-electron chi connectivity index (χ3n) is 4.80. The number of H-pyrrole nitrogens is 1. The number of carbonyl (C=O) groups is 1. The van der Waals surface area contributed by atoms with Crippen LogP contribution in [-0.4, -0.2) is 40.1 Å². The van der Waals surface area contributed by atoms with Crippen molar-refractivity contribution in [2.75, 3.05) is 13.2 Å². The molecule has 0 spiro atoms. The van der Waals surface area contributed by atoms with Gasteiger partial charge in [0.25, 0.3) is 0 Å². The van der Waals surface area contributed by atoms with Gasteiger partial charge in [0.1, 0.15) is 0 Å². The molecule has 1 fully saturated rings. The Morgan fingerprint density at radius 3 is 3.05 bits per heavy atom. The number of aryl methyl sites for hydroxylation is 1. The van der Waals surface area contributed by atoms with Crippen LogP contribution < -0.4 is 0 Å². The number of rotatable bonds is 4. The van der Waals surface area contributed by atoms with Crippen LogP contribution in [0.1, 0.15) is 31.7 Å². The van der Waals surface area contributed by atoms with Gasteiger partial charge in [0.15, 0.2) is 0 Å². The zero-order valence-electron chi connectivity index (χ0n) is 13.1. The van der Waals surface area contributed by atoms with Crippen LogP contribution in [0.2, 0.25) is 0 Å². The molecular weight excluding hydrogens is 276 g/mol. The third-order valence-corrected chi connectivity index (χ3v) is 4.80. The lowest BCUT2D eigenvalue weighted by molar-refractivity contribution is -0.135. The van der Waals surface area contributed by atoms with Crippen LogP contribution in [-0.2, 0) is 11.2 Å². The average Bonchev–Trinajstić information content (AvgIpc) is 3.00. The van der Waals surface area contributed by atoms with Gasteiger partial charge < -0.3 is 15.0 Å². The molecule has 0 aliphatic carbocycles. The number of hydrogen-bond acceptors (Lipinski definition) is 2. The Hall–Kier alpha value is -1.81. The Kier molecular flexibility index (Phi) is 4.48. The van der Waals surface area contributed by atoms with Crippen molar-refractivity contribution in [2.45, 2.75) is 38.6 Å². The van der Waals surface area contributed by atoms with Crippen molar-refractivity contribution in [3.05, 3.63) is 36.0 Å². The number of nitrogens with zero attached hydrogens (tertiary/aromatic N) is 1. The lowest BCUT2D eigenvalue weighted by Crippen LogP contribution is -2.46. The molecule has 4 nitrogen and oxygen atoms in total. The lowest BCUT2D eigenvalue weighted by atomic mass is 9.93. The standard InChI is InChI=1S/C18H24N2O2/c1-13-2-3-15(12-21)11-20(13)18(22)7-5-14-4-6-17-16(10-14)8-9-19-17/h4,6,8-10,13,15,19,21H,2-3,5,7,11-12H2,1H3. The Bertz CT molecular complexity index is 649. The molecule has 2 heterocycles. The highest BCUT2D eigenvalue weighted by Crippen LogP contribution is 2.23. The zero-order chi connectivity index (χ0) is 15.5. The van der Waals surface area contributed by atoms with E-state index in [0.29, 0.717) is 19.0 Å². The van der Waals surface area contributed by atoms with Crippen LogP contribution in [0.25, 0.3) is 10.9 Å². The van der Waals surface area contributed by atoms with Crippen LogP contribution in [0.5, 0.6) is 0 Å². The quantitative estimate of drug-likeness (QED) is 0.912. The molecule has 4 heteroatoms. The van der Waals surface area contributed by atoms with Gasteiger partial charge in [-0.05, 0) is 61.3 Å². The summed E-state index contributed by atoms with van der Waals surface area (Å²) >= 11 is 0. The van der Waals surface area contributed by atoms with E-state index >= 15 is 0 Å². The zero-order valence-corrected chi connectivity index (χ0v) is 13.1. The van der Waals surface area contributed by atoms with Gasteiger partial charge in [-0.1, -0.05) is 6.07 Å². The number of hydrogen-bond donors (Lipinski definition) is 2. The molecule has 0 saturated carbocycles. The molecule has 2 atom stereocenters. The molecule has 1 aromatic carbocycles. The van der Waals surface area contributed by atoms with E-state index in [-0.39, 0.29) is 18.4 Å². The van der Waals surface area contributed by atoms with E-state index < -0.39 is 0 Å². The van der Waals surface area contributed by atoms with Gasteiger partial charge >= 0.3 is 0 Å². The monoisotopic (exact) mass is 300 g/mol. The van der Waals surface area contributed by atoms with Crippen molar-refractivity contribution < 1.29 is 9.90 Å². The molecule has 2 aromatic rings. The Labute approximate surface area is 131 Å². The van der Waals surface area contributed by atoms with E-state index in [1.54, 1.807) is 0 Å². The first-order chi connectivity index (χ1) is 10.7. The molecule has 2 unspecified atom stereocenters. The molecule has 0 bridgehead atoms. The summed E-state index contributed by atoms with van der Waals surface area (Å²) in [6.07, 6.45) is 5.26. The van der Waals surface area contributed by atoms with Gasteiger partial charge in [-0.3, -0.25) is 4.79 Å². The van der Waals surface area contributed by atoms with E-state index in [4.69, 9.17) is 0 Å². The molecule has 22 heavy (non-hydrogen) atoms. The number of likely N-dealkylation sites (tertiary alicyclic amines) is 1. The molecule has 2 N–H and O–H groups in total. The fourth-order valence-corrected chi connectivity index (χ4v) is 3.33. The van der Waals surface area contributed by atoms with Gasteiger partial charge in [0.05, 0.1) is 0 Å². The van der Waals surface area contributed by atoms with Crippen molar-refractivity contribution in [3.8, 4) is 0 Å². The third kappa shape index (κ3) is 3.17. The number of aromatic amines is 1. The van der Waals surface area contributed by atoms with Crippen molar-refractivity contribution in [1.82, 2.24) is 9.88 Å². The van der Waals surface area contributed by atoms with Gasteiger partial charge in [0, 0.05) is 37.3 Å². The summed E-state index contributed by atoms with van der Waals surface area (Å²) in [4.78, 5) is 17.6. The molecule has 0 radical (unpaired) electrons. The minimum atomic E-state index is 0.181. The lowest BCUT2D eigenvalue weighted by Gasteiger charge is -2.37. The summed E-state index contributed by atoms with van der Waals surface area (Å²) in [5.41, 5.74) is 2.33.